The summed E-state index contributed by atoms with van der Waals surface area (Å²) < 4.78 is 1.24. The molecule has 0 saturated heterocycles. The second kappa shape index (κ2) is 8.37. The molecule has 0 saturated carbocycles. The van der Waals surface area contributed by atoms with Crippen LogP contribution in [0.3, 0.4) is 0 Å². The van der Waals surface area contributed by atoms with Crippen LogP contribution in [0.25, 0.3) is 0 Å². The molecule has 0 aliphatic heterocycles. The molecule has 0 aromatic heterocycles. The van der Waals surface area contributed by atoms with E-state index >= 15 is 0 Å². The Labute approximate surface area is 150 Å². The minimum atomic E-state index is 0.261. The fourth-order valence-corrected chi connectivity index (χ4v) is 3.27. The van der Waals surface area contributed by atoms with Gasteiger partial charge < -0.3 is 5.32 Å². The first-order valence-corrected chi connectivity index (χ1v) is 8.86. The van der Waals surface area contributed by atoms with E-state index in [2.05, 4.69) is 59.1 Å². The average molecular weight is 434 g/mol. The molecule has 0 fully saturated rings. The first-order chi connectivity index (χ1) is 10.1. The van der Waals surface area contributed by atoms with Crippen LogP contribution >= 0.6 is 45.8 Å². The Kier molecular flexibility index (Phi) is 6.80. The van der Waals surface area contributed by atoms with Gasteiger partial charge in [-0.15, -0.1) is 0 Å². The third-order valence-corrected chi connectivity index (χ3v) is 4.80. The molecule has 2 aromatic carbocycles. The molecule has 0 radical (unpaired) electrons. The normalized spacial score (nSPS) is 12.4. The molecule has 0 amide bonds. The molecular formula is C17H18Cl2IN. The van der Waals surface area contributed by atoms with Crippen molar-refractivity contribution in [3.8, 4) is 0 Å². The fraction of sp³-hybridized carbons (Fsp3) is 0.294. The molecule has 2 rings (SSSR count). The molecule has 0 spiro atoms. The summed E-state index contributed by atoms with van der Waals surface area (Å²) in [6, 6.07) is 14.4. The summed E-state index contributed by atoms with van der Waals surface area (Å²) in [5.41, 5.74) is 2.52. The van der Waals surface area contributed by atoms with E-state index in [1.807, 2.05) is 18.2 Å². The predicted octanol–water partition coefficient (Wildman–Crippen LogP) is 5.88. The highest BCUT2D eigenvalue weighted by Gasteiger charge is 2.15. The van der Waals surface area contributed by atoms with Gasteiger partial charge in [0, 0.05) is 19.7 Å². The summed E-state index contributed by atoms with van der Waals surface area (Å²) in [5.74, 6) is 0. The zero-order chi connectivity index (χ0) is 15.2. The van der Waals surface area contributed by atoms with Crippen molar-refractivity contribution < 1.29 is 0 Å². The van der Waals surface area contributed by atoms with Crippen molar-refractivity contribution in [3.63, 3.8) is 0 Å². The van der Waals surface area contributed by atoms with Crippen LogP contribution in [0, 0.1) is 3.57 Å². The zero-order valence-electron chi connectivity index (χ0n) is 11.9. The Balaban J connectivity index is 2.25. The second-order valence-electron chi connectivity index (χ2n) is 5.00. The number of hydrogen-bond acceptors (Lipinski definition) is 1. The summed E-state index contributed by atoms with van der Waals surface area (Å²) in [6.07, 6.45) is 2.03. The third kappa shape index (κ3) is 5.13. The van der Waals surface area contributed by atoms with Gasteiger partial charge in [-0.25, -0.2) is 0 Å². The van der Waals surface area contributed by atoms with Crippen molar-refractivity contribution in [2.24, 2.45) is 0 Å². The summed E-state index contributed by atoms with van der Waals surface area (Å²) in [4.78, 5) is 0. The van der Waals surface area contributed by atoms with E-state index in [-0.39, 0.29) is 6.04 Å². The lowest BCUT2D eigenvalue weighted by molar-refractivity contribution is 0.527. The quantitative estimate of drug-likeness (QED) is 0.560. The molecule has 112 valence electrons. The van der Waals surface area contributed by atoms with Crippen LogP contribution in [-0.2, 0) is 6.42 Å². The highest BCUT2D eigenvalue weighted by molar-refractivity contribution is 14.1. The number of hydrogen-bond donors (Lipinski definition) is 1. The molecule has 1 N–H and O–H groups in total. The van der Waals surface area contributed by atoms with E-state index in [0.29, 0.717) is 0 Å². The fourth-order valence-electron chi connectivity index (χ4n) is 2.25. The van der Waals surface area contributed by atoms with E-state index in [1.54, 1.807) is 0 Å². The Hall–Kier alpha value is -0.290. The van der Waals surface area contributed by atoms with E-state index in [0.717, 1.165) is 29.4 Å². The Morgan fingerprint density at radius 2 is 1.71 bits per heavy atom. The molecule has 1 unspecified atom stereocenters. The molecular weight excluding hydrogens is 416 g/mol. The molecule has 2 aromatic rings. The third-order valence-electron chi connectivity index (χ3n) is 3.33. The molecule has 0 bridgehead atoms. The van der Waals surface area contributed by atoms with Crippen molar-refractivity contribution in [1.29, 1.82) is 0 Å². The van der Waals surface area contributed by atoms with Crippen molar-refractivity contribution in [2.75, 3.05) is 6.54 Å². The minimum Gasteiger partial charge on any atom is -0.310 e. The van der Waals surface area contributed by atoms with Crippen LogP contribution in [0.15, 0.2) is 42.5 Å². The van der Waals surface area contributed by atoms with Crippen LogP contribution in [0.5, 0.6) is 0 Å². The highest BCUT2D eigenvalue weighted by Crippen LogP contribution is 2.27. The molecule has 4 heteroatoms. The summed E-state index contributed by atoms with van der Waals surface area (Å²) in [6.45, 7) is 3.16. The lowest BCUT2D eigenvalue weighted by Crippen LogP contribution is -2.25. The Bertz CT molecular complexity index is 584. The SMILES string of the molecule is CCCNC(Cc1ccc(Cl)cc1)c1cc(Cl)ccc1I. The predicted molar refractivity (Wildman–Crippen MR) is 100 cm³/mol. The highest BCUT2D eigenvalue weighted by atomic mass is 127. The number of nitrogens with one attached hydrogen (secondary N) is 1. The van der Waals surface area contributed by atoms with Gasteiger partial charge in [-0.1, -0.05) is 42.3 Å². The first kappa shape index (κ1) is 17.1. The molecule has 1 nitrogen and oxygen atoms in total. The molecule has 0 heterocycles. The van der Waals surface area contributed by atoms with Crippen molar-refractivity contribution >= 4 is 45.8 Å². The topological polar surface area (TPSA) is 12.0 Å². The minimum absolute atomic E-state index is 0.261. The van der Waals surface area contributed by atoms with Gasteiger partial charge in [-0.05, 0) is 83.4 Å². The van der Waals surface area contributed by atoms with Crippen molar-refractivity contribution in [1.82, 2.24) is 5.32 Å². The summed E-state index contributed by atoms with van der Waals surface area (Å²) >= 11 is 14.5. The van der Waals surface area contributed by atoms with Crippen LogP contribution < -0.4 is 5.32 Å². The summed E-state index contributed by atoms with van der Waals surface area (Å²) in [5, 5.41) is 5.18. The van der Waals surface area contributed by atoms with Gasteiger partial charge in [-0.3, -0.25) is 0 Å². The molecule has 0 aliphatic carbocycles. The van der Waals surface area contributed by atoms with Gasteiger partial charge in [0.05, 0.1) is 0 Å². The number of rotatable bonds is 6. The van der Waals surface area contributed by atoms with E-state index in [4.69, 9.17) is 23.2 Å². The maximum atomic E-state index is 6.17. The van der Waals surface area contributed by atoms with Gasteiger partial charge in [0.25, 0.3) is 0 Å². The van der Waals surface area contributed by atoms with Crippen molar-refractivity contribution in [3.05, 3.63) is 67.2 Å². The largest absolute Gasteiger partial charge is 0.310 e. The lowest BCUT2D eigenvalue weighted by Gasteiger charge is -2.21. The Morgan fingerprint density at radius 1 is 1.05 bits per heavy atom. The van der Waals surface area contributed by atoms with E-state index in [9.17, 15) is 0 Å². The van der Waals surface area contributed by atoms with Crippen LogP contribution in [-0.4, -0.2) is 6.54 Å². The lowest BCUT2D eigenvalue weighted by atomic mass is 9.98. The first-order valence-electron chi connectivity index (χ1n) is 7.03. The summed E-state index contributed by atoms with van der Waals surface area (Å²) in [7, 11) is 0. The molecule has 1 atom stereocenters. The Morgan fingerprint density at radius 3 is 2.38 bits per heavy atom. The van der Waals surface area contributed by atoms with Crippen LogP contribution in [0.2, 0.25) is 10.0 Å². The van der Waals surface area contributed by atoms with Gasteiger partial charge in [0.2, 0.25) is 0 Å². The zero-order valence-corrected chi connectivity index (χ0v) is 15.5. The second-order valence-corrected chi connectivity index (χ2v) is 7.04. The van der Waals surface area contributed by atoms with Gasteiger partial charge in [0.1, 0.15) is 0 Å². The maximum absolute atomic E-state index is 6.17. The van der Waals surface area contributed by atoms with Crippen LogP contribution in [0.1, 0.15) is 30.5 Å². The maximum Gasteiger partial charge on any atom is 0.0410 e. The number of benzene rings is 2. The van der Waals surface area contributed by atoms with Gasteiger partial charge >= 0.3 is 0 Å². The molecule has 0 aliphatic rings. The number of halogens is 3. The van der Waals surface area contributed by atoms with Crippen LogP contribution in [0.4, 0.5) is 0 Å². The van der Waals surface area contributed by atoms with E-state index < -0.39 is 0 Å². The molecule has 21 heavy (non-hydrogen) atoms. The smallest absolute Gasteiger partial charge is 0.0410 e. The van der Waals surface area contributed by atoms with Gasteiger partial charge in [0.15, 0.2) is 0 Å². The average Bonchev–Trinajstić information content (AvgIpc) is 2.48. The standard InChI is InChI=1S/C17H18Cl2IN/c1-2-9-21-17(10-12-3-5-13(18)6-4-12)15-11-14(19)7-8-16(15)20/h3-8,11,17,21H,2,9-10H2,1H3. The van der Waals surface area contributed by atoms with Gasteiger partial charge in [-0.2, -0.15) is 0 Å². The van der Waals surface area contributed by atoms with E-state index in [1.165, 1.54) is 14.7 Å². The monoisotopic (exact) mass is 433 g/mol. The van der Waals surface area contributed by atoms with Crippen molar-refractivity contribution in [2.45, 2.75) is 25.8 Å².